The average molecular weight is 517 g/mol. The van der Waals surface area contributed by atoms with Crippen LogP contribution in [-0.2, 0) is 11.4 Å². The third kappa shape index (κ3) is 5.57. The third-order valence-corrected chi connectivity index (χ3v) is 7.61. The largest absolute Gasteiger partial charge is 0.497 e. The molecule has 1 N–H and O–H groups in total. The first-order chi connectivity index (χ1) is 18.2. The van der Waals surface area contributed by atoms with Crippen molar-refractivity contribution in [2.45, 2.75) is 58.5 Å². The lowest BCUT2D eigenvalue weighted by molar-refractivity contribution is -0.137. The molecule has 3 aromatic rings. The van der Waals surface area contributed by atoms with Gasteiger partial charge in [-0.2, -0.15) is 0 Å². The summed E-state index contributed by atoms with van der Waals surface area (Å²) in [4.78, 5) is 21.0. The molecule has 1 heterocycles. The minimum absolute atomic E-state index is 0.00368. The normalized spacial score (nSPS) is 17.1. The van der Waals surface area contributed by atoms with Crippen LogP contribution in [0.4, 0.5) is 4.39 Å². The Morgan fingerprint density at radius 3 is 2.66 bits per heavy atom. The summed E-state index contributed by atoms with van der Waals surface area (Å²) in [5.74, 6) is 0.454. The molecule has 6 nitrogen and oxygen atoms in total. The van der Waals surface area contributed by atoms with E-state index in [0.717, 1.165) is 36.8 Å². The number of carboxylic acids is 1. The van der Waals surface area contributed by atoms with Crippen LogP contribution in [0, 0.1) is 17.2 Å². The zero-order valence-electron chi connectivity index (χ0n) is 22.0. The van der Waals surface area contributed by atoms with Crippen LogP contribution in [0.25, 0.3) is 16.8 Å². The zero-order chi connectivity index (χ0) is 26.9. The second-order valence-corrected chi connectivity index (χ2v) is 10.8. The molecule has 1 fully saturated rings. The fraction of sp³-hybridized carbons (Fsp3) is 0.387. The molecule has 198 valence electrons. The van der Waals surface area contributed by atoms with Crippen LogP contribution in [-0.4, -0.2) is 28.2 Å². The zero-order valence-corrected chi connectivity index (χ0v) is 22.0. The molecule has 1 unspecified atom stereocenters. The number of aliphatic carboxylic acids is 1. The summed E-state index contributed by atoms with van der Waals surface area (Å²) in [6.45, 7) is 4.52. The van der Waals surface area contributed by atoms with Crippen molar-refractivity contribution in [3.63, 3.8) is 0 Å². The van der Waals surface area contributed by atoms with E-state index < -0.39 is 5.97 Å². The molecule has 38 heavy (non-hydrogen) atoms. The van der Waals surface area contributed by atoms with Crippen molar-refractivity contribution in [2.24, 2.45) is 11.3 Å². The molecule has 0 saturated heterocycles. The lowest BCUT2D eigenvalue weighted by Crippen LogP contribution is -2.13. The highest BCUT2D eigenvalue weighted by Crippen LogP contribution is 2.47. The first-order valence-electron chi connectivity index (χ1n) is 13.1. The third-order valence-electron chi connectivity index (χ3n) is 7.61. The van der Waals surface area contributed by atoms with E-state index in [0.29, 0.717) is 40.1 Å². The molecular weight excluding hydrogens is 483 g/mol. The topological polar surface area (TPSA) is 81.5 Å². The molecule has 2 aliphatic carbocycles. The molecule has 2 aliphatic rings. The Labute approximate surface area is 222 Å². The molecule has 0 amide bonds. The van der Waals surface area contributed by atoms with Crippen molar-refractivity contribution in [3.05, 3.63) is 77.5 Å². The van der Waals surface area contributed by atoms with Gasteiger partial charge in [0, 0.05) is 5.56 Å². The first-order valence-corrected chi connectivity index (χ1v) is 13.1. The van der Waals surface area contributed by atoms with Crippen molar-refractivity contribution >= 4 is 11.5 Å². The maximum absolute atomic E-state index is 15.0. The number of allylic oxidation sites excluding steroid dienone is 2. The molecule has 0 radical (unpaired) electrons. The second kappa shape index (κ2) is 10.6. The fourth-order valence-electron chi connectivity index (χ4n) is 5.33. The van der Waals surface area contributed by atoms with E-state index in [9.17, 15) is 14.3 Å². The summed E-state index contributed by atoms with van der Waals surface area (Å²) >= 11 is 0. The van der Waals surface area contributed by atoms with E-state index >= 15 is 0 Å². The molecule has 0 aliphatic heterocycles. The first kappa shape index (κ1) is 25.9. The van der Waals surface area contributed by atoms with Crippen LogP contribution in [0.2, 0.25) is 0 Å². The number of rotatable bonds is 10. The van der Waals surface area contributed by atoms with Crippen LogP contribution in [0.1, 0.15) is 68.8 Å². The number of carboxylic acid groups (broad SMARTS) is 1. The van der Waals surface area contributed by atoms with Gasteiger partial charge in [-0.05, 0) is 84.4 Å². The maximum Gasteiger partial charge on any atom is 0.303 e. The lowest BCUT2D eigenvalue weighted by atomic mass is 9.83. The van der Waals surface area contributed by atoms with Gasteiger partial charge >= 0.3 is 5.97 Å². The minimum atomic E-state index is -0.785. The number of benzene rings is 2. The number of carbonyl (C=O) groups is 1. The molecule has 1 saturated carbocycles. The van der Waals surface area contributed by atoms with E-state index in [1.165, 1.54) is 6.07 Å². The fourth-order valence-corrected chi connectivity index (χ4v) is 5.33. The van der Waals surface area contributed by atoms with Gasteiger partial charge in [0.2, 0.25) is 0 Å². The van der Waals surface area contributed by atoms with Crippen molar-refractivity contribution in [2.75, 3.05) is 7.11 Å². The molecule has 0 spiro atoms. The van der Waals surface area contributed by atoms with Gasteiger partial charge in [0.05, 0.1) is 36.8 Å². The van der Waals surface area contributed by atoms with Crippen molar-refractivity contribution in [3.8, 4) is 22.8 Å². The van der Waals surface area contributed by atoms with E-state index in [-0.39, 0.29) is 30.2 Å². The summed E-state index contributed by atoms with van der Waals surface area (Å²) in [5.41, 5.74) is 4.03. The Morgan fingerprint density at radius 2 is 1.97 bits per heavy atom. The van der Waals surface area contributed by atoms with Crippen LogP contribution in [0.3, 0.4) is 0 Å². The van der Waals surface area contributed by atoms with Gasteiger partial charge in [-0.15, -0.1) is 0 Å². The van der Waals surface area contributed by atoms with E-state index in [1.54, 1.807) is 25.4 Å². The van der Waals surface area contributed by atoms with Gasteiger partial charge in [-0.3, -0.25) is 9.78 Å². The number of aromatic nitrogens is 2. The number of halogens is 1. The standard InChI is InChI=1S/C31H33FN2O4/c1-31(2)13-5-8-26(31)30-29(25-15-22(37-3)11-12-27(25)32)33-17-21(34-30)18-38-23-7-4-6-20(14-23)24(16-28(35)36)19-9-10-19/h4,6-8,11-12,14-15,17,19,24H,5,9-10,13,16,18H2,1-3H3,(H,35,36). The number of hydrogen-bond acceptors (Lipinski definition) is 5. The van der Waals surface area contributed by atoms with Crippen LogP contribution in [0.15, 0.2) is 54.7 Å². The van der Waals surface area contributed by atoms with Gasteiger partial charge in [0.1, 0.15) is 23.9 Å². The molecule has 1 atom stereocenters. The van der Waals surface area contributed by atoms with Crippen LogP contribution in [0.5, 0.6) is 11.5 Å². The van der Waals surface area contributed by atoms with Gasteiger partial charge in [0.25, 0.3) is 0 Å². The highest BCUT2D eigenvalue weighted by molar-refractivity contribution is 5.80. The average Bonchev–Trinajstić information content (AvgIpc) is 3.68. The van der Waals surface area contributed by atoms with Gasteiger partial charge in [-0.25, -0.2) is 9.37 Å². The van der Waals surface area contributed by atoms with Crippen LogP contribution >= 0.6 is 0 Å². The second-order valence-electron chi connectivity index (χ2n) is 10.8. The summed E-state index contributed by atoms with van der Waals surface area (Å²) in [5, 5.41) is 9.37. The van der Waals surface area contributed by atoms with E-state index in [1.807, 2.05) is 24.3 Å². The maximum atomic E-state index is 15.0. The molecular formula is C31H33FN2O4. The molecule has 1 aromatic heterocycles. The lowest BCUT2D eigenvalue weighted by Gasteiger charge is -2.24. The smallest absolute Gasteiger partial charge is 0.303 e. The monoisotopic (exact) mass is 516 g/mol. The Hall–Kier alpha value is -3.74. The van der Waals surface area contributed by atoms with Crippen molar-refractivity contribution in [1.29, 1.82) is 0 Å². The SMILES string of the molecule is COc1ccc(F)c(-c2ncc(COc3cccc(C(CC(=O)O)C4CC4)c3)nc2C2=CCCC2(C)C)c1. The van der Waals surface area contributed by atoms with E-state index in [4.69, 9.17) is 14.5 Å². The Balaban J connectivity index is 1.44. The Morgan fingerprint density at radius 1 is 1.16 bits per heavy atom. The highest BCUT2D eigenvalue weighted by atomic mass is 19.1. The Bertz CT molecular complexity index is 1380. The summed E-state index contributed by atoms with van der Waals surface area (Å²) < 4.78 is 26.4. The van der Waals surface area contributed by atoms with Gasteiger partial charge < -0.3 is 14.6 Å². The predicted octanol–water partition coefficient (Wildman–Crippen LogP) is 7.04. The predicted molar refractivity (Wildman–Crippen MR) is 143 cm³/mol. The van der Waals surface area contributed by atoms with Gasteiger partial charge in [-0.1, -0.05) is 32.1 Å². The highest BCUT2D eigenvalue weighted by Gasteiger charge is 2.34. The molecule has 5 rings (SSSR count). The molecule has 7 heteroatoms. The van der Waals surface area contributed by atoms with Crippen molar-refractivity contribution in [1.82, 2.24) is 9.97 Å². The number of hydrogen-bond donors (Lipinski definition) is 1. The molecule has 2 aromatic carbocycles. The van der Waals surface area contributed by atoms with Crippen LogP contribution < -0.4 is 9.47 Å². The van der Waals surface area contributed by atoms with Crippen molar-refractivity contribution < 1.29 is 23.8 Å². The number of methoxy groups -OCH3 is 1. The van der Waals surface area contributed by atoms with Gasteiger partial charge in [0.15, 0.2) is 0 Å². The van der Waals surface area contributed by atoms with E-state index in [2.05, 4.69) is 24.9 Å². The number of ether oxygens (including phenoxy) is 2. The summed E-state index contributed by atoms with van der Waals surface area (Å²) in [6, 6.07) is 12.3. The molecule has 0 bridgehead atoms. The summed E-state index contributed by atoms with van der Waals surface area (Å²) in [7, 11) is 1.55. The minimum Gasteiger partial charge on any atom is -0.497 e. The quantitative estimate of drug-likeness (QED) is 0.311. The summed E-state index contributed by atoms with van der Waals surface area (Å²) in [6.07, 6.45) is 7.95. The Kier molecular flexibility index (Phi) is 7.19. The number of nitrogens with zero attached hydrogens (tertiary/aromatic N) is 2.